The average Bonchev–Trinajstić information content (AvgIpc) is 2.48. The minimum atomic E-state index is -0.0701. The number of benzene rings is 1. The van der Waals surface area contributed by atoms with Gasteiger partial charge in [-0.05, 0) is 25.0 Å². The zero-order valence-corrected chi connectivity index (χ0v) is 12.1. The van der Waals surface area contributed by atoms with E-state index in [9.17, 15) is 0 Å². The molecule has 0 saturated carbocycles. The van der Waals surface area contributed by atoms with E-state index in [1.54, 1.807) is 0 Å². The van der Waals surface area contributed by atoms with Gasteiger partial charge in [0.05, 0.1) is 12.2 Å². The second-order valence-corrected chi connectivity index (χ2v) is 5.82. The van der Waals surface area contributed by atoms with Crippen LogP contribution in [0, 0.1) is 5.41 Å². The van der Waals surface area contributed by atoms with Crippen LogP contribution < -0.4 is 10.5 Å². The minimum absolute atomic E-state index is 0.0633. The summed E-state index contributed by atoms with van der Waals surface area (Å²) in [4.78, 5) is 0. The van der Waals surface area contributed by atoms with E-state index in [4.69, 9.17) is 25.4 Å². The Morgan fingerprint density at radius 1 is 1.29 bits per heavy atom. The van der Waals surface area contributed by atoms with Crippen LogP contribution in [-0.2, 0) is 9.47 Å². The summed E-state index contributed by atoms with van der Waals surface area (Å²) in [5.74, 6) is 0.838. The average molecular weight is 290 g/mol. The van der Waals surface area contributed by atoms with Crippen molar-refractivity contribution in [2.24, 2.45) is 5.73 Å². The van der Waals surface area contributed by atoms with Crippen LogP contribution in [-0.4, -0.2) is 37.4 Å². The van der Waals surface area contributed by atoms with Crippen LogP contribution in [0.15, 0.2) is 24.3 Å². The Kier molecular flexibility index (Phi) is 4.12. The highest BCUT2D eigenvalue weighted by atomic mass is 16.5. The number of hydrogen-bond acceptors (Lipinski definition) is 4. The fourth-order valence-corrected chi connectivity index (χ4v) is 3.10. The Bertz CT molecular complexity index is 506. The predicted octanol–water partition coefficient (Wildman–Crippen LogP) is 2.08. The van der Waals surface area contributed by atoms with Crippen LogP contribution in [0.3, 0.4) is 0 Å². The van der Waals surface area contributed by atoms with Gasteiger partial charge in [-0.3, -0.25) is 5.41 Å². The van der Waals surface area contributed by atoms with Gasteiger partial charge < -0.3 is 19.9 Å². The molecule has 0 bridgehead atoms. The number of nitrogens with one attached hydrogen (secondary N) is 1. The minimum Gasteiger partial charge on any atom is -0.490 e. The normalized spacial score (nSPS) is 24.7. The number of amidine groups is 1. The van der Waals surface area contributed by atoms with Gasteiger partial charge in [0.25, 0.3) is 0 Å². The summed E-state index contributed by atoms with van der Waals surface area (Å²) in [6, 6.07) is 7.43. The molecule has 21 heavy (non-hydrogen) atoms. The Morgan fingerprint density at radius 2 is 2.10 bits per heavy atom. The zero-order chi connectivity index (χ0) is 14.7. The molecule has 0 aliphatic carbocycles. The van der Waals surface area contributed by atoms with Crippen LogP contribution in [0.2, 0.25) is 0 Å². The van der Waals surface area contributed by atoms with Crippen molar-refractivity contribution in [3.63, 3.8) is 0 Å². The fraction of sp³-hybridized carbons (Fsp3) is 0.562. The van der Waals surface area contributed by atoms with Crippen LogP contribution in [0.5, 0.6) is 5.75 Å². The van der Waals surface area contributed by atoms with E-state index >= 15 is 0 Å². The number of nitrogens with two attached hydrogens (primary N) is 1. The van der Waals surface area contributed by atoms with Gasteiger partial charge >= 0.3 is 0 Å². The third kappa shape index (κ3) is 3.36. The third-order valence-electron chi connectivity index (χ3n) is 4.30. The Morgan fingerprint density at radius 3 is 2.86 bits per heavy atom. The van der Waals surface area contributed by atoms with Crippen molar-refractivity contribution >= 4 is 5.84 Å². The Labute approximate surface area is 124 Å². The van der Waals surface area contributed by atoms with Gasteiger partial charge in [-0.2, -0.15) is 0 Å². The van der Waals surface area contributed by atoms with Crippen molar-refractivity contribution in [2.45, 2.75) is 37.4 Å². The van der Waals surface area contributed by atoms with E-state index in [1.807, 2.05) is 24.3 Å². The lowest BCUT2D eigenvalue weighted by Crippen LogP contribution is -2.47. The van der Waals surface area contributed by atoms with E-state index in [1.165, 1.54) is 0 Å². The lowest BCUT2D eigenvalue weighted by molar-refractivity contribution is -0.155. The van der Waals surface area contributed by atoms with Crippen molar-refractivity contribution < 1.29 is 14.2 Å². The summed E-state index contributed by atoms with van der Waals surface area (Å²) >= 11 is 0. The van der Waals surface area contributed by atoms with E-state index in [-0.39, 0.29) is 17.5 Å². The summed E-state index contributed by atoms with van der Waals surface area (Å²) in [6.07, 6.45) is 3.84. The van der Waals surface area contributed by atoms with Crippen molar-refractivity contribution in [3.05, 3.63) is 29.8 Å². The molecule has 3 rings (SSSR count). The first kappa shape index (κ1) is 14.4. The van der Waals surface area contributed by atoms with Crippen LogP contribution in [0.4, 0.5) is 0 Å². The first-order valence-electron chi connectivity index (χ1n) is 7.50. The molecule has 1 spiro atoms. The van der Waals surface area contributed by atoms with Gasteiger partial charge in [-0.25, -0.2) is 0 Å². The molecule has 2 heterocycles. The topological polar surface area (TPSA) is 77.6 Å². The lowest BCUT2D eigenvalue weighted by atomic mass is 9.85. The Balaban J connectivity index is 1.67. The van der Waals surface area contributed by atoms with Crippen molar-refractivity contribution in [3.8, 4) is 5.75 Å². The molecule has 1 aromatic carbocycles. The van der Waals surface area contributed by atoms with Gasteiger partial charge in [0.2, 0.25) is 0 Å². The quantitative estimate of drug-likeness (QED) is 0.660. The fourth-order valence-electron chi connectivity index (χ4n) is 3.10. The summed E-state index contributed by atoms with van der Waals surface area (Å²) in [6.45, 7) is 2.27. The van der Waals surface area contributed by atoms with Gasteiger partial charge in [-0.1, -0.05) is 12.1 Å². The van der Waals surface area contributed by atoms with E-state index in [2.05, 4.69) is 0 Å². The maximum atomic E-state index is 7.50. The Hall–Kier alpha value is -1.59. The predicted molar refractivity (Wildman–Crippen MR) is 79.8 cm³/mol. The second kappa shape index (κ2) is 6.03. The summed E-state index contributed by atoms with van der Waals surface area (Å²) in [7, 11) is 0. The monoisotopic (exact) mass is 290 g/mol. The zero-order valence-electron chi connectivity index (χ0n) is 12.1. The molecule has 2 aliphatic heterocycles. The van der Waals surface area contributed by atoms with Crippen LogP contribution in [0.1, 0.15) is 31.2 Å². The van der Waals surface area contributed by atoms with Crippen molar-refractivity contribution in [1.82, 2.24) is 0 Å². The van der Waals surface area contributed by atoms with Crippen molar-refractivity contribution in [1.29, 1.82) is 5.41 Å². The van der Waals surface area contributed by atoms with E-state index < -0.39 is 0 Å². The smallest absolute Gasteiger partial charge is 0.122 e. The summed E-state index contributed by atoms with van der Waals surface area (Å²) in [5.41, 5.74) is 6.15. The maximum Gasteiger partial charge on any atom is 0.122 e. The molecule has 3 N–H and O–H groups in total. The number of ether oxygens (including phenoxy) is 3. The number of hydrogen-bond donors (Lipinski definition) is 2. The molecule has 1 atom stereocenters. The maximum absolute atomic E-state index is 7.50. The first-order chi connectivity index (χ1) is 10.2. The van der Waals surface area contributed by atoms with E-state index in [0.717, 1.165) is 51.3 Å². The molecular formula is C16H22N2O3. The second-order valence-electron chi connectivity index (χ2n) is 5.82. The molecule has 2 saturated heterocycles. The molecule has 2 fully saturated rings. The molecule has 1 unspecified atom stereocenters. The number of rotatable bonds is 3. The molecule has 5 nitrogen and oxygen atoms in total. The van der Waals surface area contributed by atoms with Gasteiger partial charge in [0, 0.05) is 31.6 Å². The van der Waals surface area contributed by atoms with Gasteiger partial charge in [0.1, 0.15) is 17.7 Å². The molecular weight excluding hydrogens is 268 g/mol. The first-order valence-corrected chi connectivity index (χ1v) is 7.50. The lowest BCUT2D eigenvalue weighted by Gasteiger charge is -2.43. The summed E-state index contributed by atoms with van der Waals surface area (Å²) < 4.78 is 17.6. The molecule has 0 amide bonds. The summed E-state index contributed by atoms with van der Waals surface area (Å²) in [5, 5.41) is 7.50. The van der Waals surface area contributed by atoms with Gasteiger partial charge in [0.15, 0.2) is 0 Å². The molecule has 2 aliphatic rings. The molecule has 1 aromatic rings. The highest BCUT2D eigenvalue weighted by molar-refractivity contribution is 5.95. The van der Waals surface area contributed by atoms with Crippen LogP contribution >= 0.6 is 0 Å². The molecule has 0 aromatic heterocycles. The number of nitrogen functional groups attached to an aromatic ring is 1. The highest BCUT2D eigenvalue weighted by Crippen LogP contribution is 2.35. The highest BCUT2D eigenvalue weighted by Gasteiger charge is 2.39. The largest absolute Gasteiger partial charge is 0.490 e. The third-order valence-corrected chi connectivity index (χ3v) is 4.30. The standard InChI is InChI=1S/C16H22N2O3/c17-15(18)12-2-1-3-13(10-12)21-14-4-7-20-16(11-14)5-8-19-9-6-16/h1-3,10,14H,4-9,11H2,(H3,17,18). The molecule has 5 heteroatoms. The molecule has 114 valence electrons. The van der Waals surface area contributed by atoms with Gasteiger partial charge in [-0.15, -0.1) is 0 Å². The van der Waals surface area contributed by atoms with Crippen molar-refractivity contribution in [2.75, 3.05) is 19.8 Å². The van der Waals surface area contributed by atoms with Crippen LogP contribution in [0.25, 0.3) is 0 Å². The molecule has 0 radical (unpaired) electrons. The van der Waals surface area contributed by atoms with E-state index in [0.29, 0.717) is 5.56 Å². The SMILES string of the molecule is N=C(N)c1cccc(OC2CCOC3(CCOCC3)C2)c1.